The zero-order chi connectivity index (χ0) is 11.3. The Morgan fingerprint density at radius 2 is 2.40 bits per heavy atom. The largest absolute Gasteiger partial charge is 0.481 e. The number of aromatic nitrogens is 1. The molecule has 0 radical (unpaired) electrons. The van der Waals surface area contributed by atoms with E-state index in [2.05, 4.69) is 11.6 Å². The fourth-order valence-electron chi connectivity index (χ4n) is 1.41. The molecule has 3 nitrogen and oxygen atoms in total. The van der Waals surface area contributed by atoms with Gasteiger partial charge in [0.2, 0.25) is 5.88 Å². The minimum absolute atomic E-state index is 0.0367. The molecular formula is C12H18N2O. The maximum absolute atomic E-state index is 6.06. The number of nitrogens with zero attached hydrogens (tertiary/aromatic N) is 1. The molecule has 0 bridgehead atoms. The summed E-state index contributed by atoms with van der Waals surface area (Å²) in [5.74, 6) is 0.617. The lowest BCUT2D eigenvalue weighted by Gasteiger charge is -2.14. The number of rotatable bonds is 5. The van der Waals surface area contributed by atoms with Crippen LogP contribution in [0.15, 0.2) is 30.5 Å². The van der Waals surface area contributed by atoms with E-state index in [4.69, 9.17) is 10.5 Å². The third-order valence-electron chi connectivity index (χ3n) is 2.28. The highest BCUT2D eigenvalue weighted by atomic mass is 16.5. The molecular weight excluding hydrogens is 188 g/mol. The summed E-state index contributed by atoms with van der Waals surface area (Å²) in [6.45, 7) is 5.87. The van der Waals surface area contributed by atoms with Crippen LogP contribution < -0.4 is 10.5 Å². The molecule has 0 fully saturated rings. The third-order valence-corrected chi connectivity index (χ3v) is 2.28. The van der Waals surface area contributed by atoms with Crippen molar-refractivity contribution in [3.63, 3.8) is 0 Å². The van der Waals surface area contributed by atoms with Gasteiger partial charge in [-0.1, -0.05) is 11.6 Å². The van der Waals surface area contributed by atoms with E-state index in [1.807, 2.05) is 19.1 Å². The number of pyridine rings is 1. The van der Waals surface area contributed by atoms with Gasteiger partial charge in [-0.05, 0) is 25.8 Å². The van der Waals surface area contributed by atoms with Gasteiger partial charge < -0.3 is 10.5 Å². The molecule has 1 aromatic heterocycles. The lowest BCUT2D eigenvalue weighted by atomic mass is 10.0. The zero-order valence-electron chi connectivity index (χ0n) is 9.36. The van der Waals surface area contributed by atoms with Crippen molar-refractivity contribution in [1.29, 1.82) is 0 Å². The second kappa shape index (κ2) is 5.51. The summed E-state index contributed by atoms with van der Waals surface area (Å²) in [4.78, 5) is 4.12. The van der Waals surface area contributed by atoms with E-state index < -0.39 is 0 Å². The van der Waals surface area contributed by atoms with Crippen molar-refractivity contribution in [1.82, 2.24) is 4.98 Å². The van der Waals surface area contributed by atoms with Crippen LogP contribution in [0.4, 0.5) is 0 Å². The van der Waals surface area contributed by atoms with Crippen molar-refractivity contribution in [2.45, 2.75) is 25.8 Å². The second-order valence-corrected chi connectivity index (χ2v) is 3.70. The molecule has 0 aliphatic carbocycles. The molecule has 0 spiro atoms. The van der Waals surface area contributed by atoms with Crippen molar-refractivity contribution in [3.05, 3.63) is 36.0 Å². The molecule has 0 amide bonds. The van der Waals surface area contributed by atoms with E-state index in [1.165, 1.54) is 0 Å². The maximum atomic E-state index is 6.06. The molecule has 1 aromatic rings. The smallest absolute Gasteiger partial charge is 0.217 e. The Hall–Kier alpha value is -1.35. The van der Waals surface area contributed by atoms with Gasteiger partial charge in [-0.25, -0.2) is 4.98 Å². The fraction of sp³-hybridized carbons (Fsp3) is 0.417. The molecule has 0 aromatic carbocycles. The molecule has 3 heteroatoms. The second-order valence-electron chi connectivity index (χ2n) is 3.70. The first-order valence-electron chi connectivity index (χ1n) is 5.04. The Morgan fingerprint density at radius 1 is 1.67 bits per heavy atom. The molecule has 1 rings (SSSR count). The summed E-state index contributed by atoms with van der Waals surface area (Å²) in [6, 6.07) is 3.79. The van der Waals surface area contributed by atoms with Crippen molar-refractivity contribution in [3.8, 4) is 5.88 Å². The molecule has 0 aliphatic rings. The van der Waals surface area contributed by atoms with Crippen LogP contribution in [0.1, 0.15) is 31.4 Å². The Kier molecular flexibility index (Phi) is 4.31. The minimum Gasteiger partial charge on any atom is -0.481 e. The average Bonchev–Trinajstić information content (AvgIpc) is 2.25. The molecule has 15 heavy (non-hydrogen) atoms. The topological polar surface area (TPSA) is 48.1 Å². The molecule has 82 valence electrons. The quantitative estimate of drug-likeness (QED) is 0.753. The van der Waals surface area contributed by atoms with Crippen molar-refractivity contribution >= 4 is 0 Å². The van der Waals surface area contributed by atoms with Crippen LogP contribution in [-0.4, -0.2) is 12.1 Å². The van der Waals surface area contributed by atoms with Gasteiger partial charge in [-0.15, -0.1) is 6.58 Å². The van der Waals surface area contributed by atoms with Crippen LogP contribution in [0.2, 0.25) is 0 Å². The summed E-state index contributed by atoms with van der Waals surface area (Å²) in [5.41, 5.74) is 8.16. The lowest BCUT2D eigenvalue weighted by Crippen LogP contribution is -2.12. The SMILES string of the molecule is C=C(C)CCC(N)c1cccnc1OC. The van der Waals surface area contributed by atoms with Gasteiger partial charge in [-0.3, -0.25) is 0 Å². The van der Waals surface area contributed by atoms with Crippen LogP contribution in [0.5, 0.6) is 5.88 Å². The van der Waals surface area contributed by atoms with Crippen LogP contribution in [0, 0.1) is 0 Å². The van der Waals surface area contributed by atoms with Gasteiger partial charge >= 0.3 is 0 Å². The highest BCUT2D eigenvalue weighted by Gasteiger charge is 2.11. The minimum atomic E-state index is -0.0367. The standard InChI is InChI=1S/C12H18N2O/c1-9(2)6-7-11(13)10-5-4-8-14-12(10)15-3/h4-5,8,11H,1,6-7,13H2,2-3H3. The van der Waals surface area contributed by atoms with Gasteiger partial charge in [0.15, 0.2) is 0 Å². The summed E-state index contributed by atoms with van der Waals surface area (Å²) in [5, 5.41) is 0. The molecule has 0 saturated heterocycles. The van der Waals surface area contributed by atoms with Crippen LogP contribution in [0.3, 0.4) is 0 Å². The Balaban J connectivity index is 2.72. The van der Waals surface area contributed by atoms with Gasteiger partial charge in [0.1, 0.15) is 0 Å². The summed E-state index contributed by atoms with van der Waals surface area (Å²) >= 11 is 0. The van der Waals surface area contributed by atoms with E-state index in [1.54, 1.807) is 13.3 Å². The Morgan fingerprint density at radius 3 is 3.00 bits per heavy atom. The van der Waals surface area contributed by atoms with Gasteiger partial charge in [0.05, 0.1) is 7.11 Å². The van der Waals surface area contributed by atoms with Gasteiger partial charge in [-0.2, -0.15) is 0 Å². The predicted octanol–water partition coefficient (Wildman–Crippen LogP) is 2.45. The summed E-state index contributed by atoms with van der Waals surface area (Å²) in [6.07, 6.45) is 3.50. The van der Waals surface area contributed by atoms with Crippen LogP contribution >= 0.6 is 0 Å². The molecule has 1 unspecified atom stereocenters. The van der Waals surface area contributed by atoms with Gasteiger partial charge in [0.25, 0.3) is 0 Å². The highest BCUT2D eigenvalue weighted by Crippen LogP contribution is 2.24. The third kappa shape index (κ3) is 3.36. The first kappa shape index (κ1) is 11.7. The molecule has 1 heterocycles. The summed E-state index contributed by atoms with van der Waals surface area (Å²) in [7, 11) is 1.61. The normalized spacial score (nSPS) is 12.2. The first-order chi connectivity index (χ1) is 7.15. The van der Waals surface area contributed by atoms with Crippen molar-refractivity contribution in [2.24, 2.45) is 5.73 Å². The zero-order valence-corrected chi connectivity index (χ0v) is 9.36. The maximum Gasteiger partial charge on any atom is 0.217 e. The average molecular weight is 206 g/mol. The number of nitrogens with two attached hydrogens (primary N) is 1. The monoisotopic (exact) mass is 206 g/mol. The molecule has 0 saturated carbocycles. The molecule has 2 N–H and O–H groups in total. The van der Waals surface area contributed by atoms with Crippen LogP contribution in [0.25, 0.3) is 0 Å². The number of hydrogen-bond donors (Lipinski definition) is 1. The van der Waals surface area contributed by atoms with Gasteiger partial charge in [0, 0.05) is 17.8 Å². The van der Waals surface area contributed by atoms with E-state index in [0.29, 0.717) is 5.88 Å². The van der Waals surface area contributed by atoms with E-state index in [0.717, 1.165) is 24.0 Å². The summed E-state index contributed by atoms with van der Waals surface area (Å²) < 4.78 is 5.16. The van der Waals surface area contributed by atoms with E-state index >= 15 is 0 Å². The van der Waals surface area contributed by atoms with Crippen molar-refractivity contribution in [2.75, 3.05) is 7.11 Å². The van der Waals surface area contributed by atoms with E-state index in [9.17, 15) is 0 Å². The number of allylic oxidation sites excluding steroid dienone is 1. The number of hydrogen-bond acceptors (Lipinski definition) is 3. The Labute approximate surface area is 91.0 Å². The Bertz CT molecular complexity index is 336. The first-order valence-corrected chi connectivity index (χ1v) is 5.04. The lowest BCUT2D eigenvalue weighted by molar-refractivity contribution is 0.387. The molecule has 1 atom stereocenters. The molecule has 0 aliphatic heterocycles. The van der Waals surface area contributed by atoms with Crippen molar-refractivity contribution < 1.29 is 4.74 Å². The number of ether oxygens (including phenoxy) is 1. The predicted molar refractivity (Wildman–Crippen MR) is 61.8 cm³/mol. The van der Waals surface area contributed by atoms with E-state index in [-0.39, 0.29) is 6.04 Å². The van der Waals surface area contributed by atoms with Crippen LogP contribution in [-0.2, 0) is 0 Å². The fourth-order valence-corrected chi connectivity index (χ4v) is 1.41. The number of methoxy groups -OCH3 is 1. The highest BCUT2D eigenvalue weighted by molar-refractivity contribution is 5.28.